The van der Waals surface area contributed by atoms with Crippen LogP contribution in [-0.4, -0.2) is 46.5 Å². The fraction of sp³-hybridized carbons (Fsp3) is 0.400. The second-order valence-corrected chi connectivity index (χ2v) is 8.82. The number of aryl methyl sites for hydroxylation is 2. The summed E-state index contributed by atoms with van der Waals surface area (Å²) in [6.45, 7) is 6.73. The highest BCUT2D eigenvalue weighted by atomic mass is 16.3. The van der Waals surface area contributed by atoms with Crippen LogP contribution in [0.4, 0.5) is 0 Å². The number of nitrogens with one attached hydrogen (secondary N) is 1. The molecule has 3 aliphatic heterocycles. The average molecular weight is 417 g/mol. The summed E-state index contributed by atoms with van der Waals surface area (Å²) >= 11 is 0. The molecule has 6 heteroatoms. The van der Waals surface area contributed by atoms with Crippen LogP contribution in [0.5, 0.6) is 0 Å². The number of carbonyl (C=O) groups excluding carboxylic acids is 1. The van der Waals surface area contributed by atoms with E-state index in [9.17, 15) is 4.79 Å². The number of piperidine rings is 3. The molecular formula is C25H28N4O2. The smallest absolute Gasteiger partial charge is 0.251 e. The van der Waals surface area contributed by atoms with Crippen LogP contribution in [0.15, 0.2) is 53.1 Å². The molecule has 5 heterocycles. The maximum absolute atomic E-state index is 12.5. The standard InChI is InChI=1S/C25H28N4O2/c1-16-5-7-18(8-6-16)25(30)26-14-20-12-19-9-10-29(20)15-21(19)22-13-23(28-17(2)27-22)24-4-3-11-31-24/h3-8,11,13,19-21H,9-10,12,14-15H2,1-2H3,(H,26,30)/t19-,20+,21-/m0/s1. The van der Waals surface area contributed by atoms with Gasteiger partial charge in [0.2, 0.25) is 0 Å². The summed E-state index contributed by atoms with van der Waals surface area (Å²) in [4.78, 5) is 24.4. The first kappa shape index (κ1) is 19.9. The van der Waals surface area contributed by atoms with E-state index >= 15 is 0 Å². The minimum Gasteiger partial charge on any atom is -0.463 e. The Morgan fingerprint density at radius 1 is 1.19 bits per heavy atom. The van der Waals surface area contributed by atoms with Gasteiger partial charge in [0.25, 0.3) is 5.91 Å². The number of rotatable bonds is 5. The molecular weight excluding hydrogens is 388 g/mol. The van der Waals surface area contributed by atoms with Gasteiger partial charge in [0, 0.05) is 36.3 Å². The molecule has 1 amide bonds. The van der Waals surface area contributed by atoms with Crippen molar-refractivity contribution in [2.24, 2.45) is 5.92 Å². The van der Waals surface area contributed by atoms with Crippen molar-refractivity contribution in [3.8, 4) is 11.5 Å². The molecule has 31 heavy (non-hydrogen) atoms. The normalized spacial score (nSPS) is 24.8. The molecule has 6 nitrogen and oxygen atoms in total. The third kappa shape index (κ3) is 4.12. The Labute approximate surface area is 182 Å². The third-order valence-electron chi connectivity index (χ3n) is 6.70. The van der Waals surface area contributed by atoms with Crippen molar-refractivity contribution < 1.29 is 9.21 Å². The van der Waals surface area contributed by atoms with E-state index < -0.39 is 0 Å². The van der Waals surface area contributed by atoms with Gasteiger partial charge in [-0.05, 0) is 69.5 Å². The van der Waals surface area contributed by atoms with Gasteiger partial charge in [-0.15, -0.1) is 0 Å². The van der Waals surface area contributed by atoms with Crippen molar-refractivity contribution in [3.05, 3.63) is 71.4 Å². The van der Waals surface area contributed by atoms with Crippen LogP contribution in [0.3, 0.4) is 0 Å². The van der Waals surface area contributed by atoms with E-state index in [1.165, 1.54) is 6.42 Å². The van der Waals surface area contributed by atoms with Crippen molar-refractivity contribution >= 4 is 5.91 Å². The molecule has 3 fully saturated rings. The van der Waals surface area contributed by atoms with Gasteiger partial charge in [-0.2, -0.15) is 0 Å². The molecule has 3 aliphatic rings. The Hall–Kier alpha value is -2.99. The average Bonchev–Trinajstić information content (AvgIpc) is 3.33. The van der Waals surface area contributed by atoms with Gasteiger partial charge in [0.15, 0.2) is 5.76 Å². The molecule has 0 aliphatic carbocycles. The second-order valence-electron chi connectivity index (χ2n) is 8.82. The summed E-state index contributed by atoms with van der Waals surface area (Å²) < 4.78 is 5.55. The molecule has 1 aromatic carbocycles. The highest BCUT2D eigenvalue weighted by molar-refractivity contribution is 5.94. The number of furan rings is 1. The maximum atomic E-state index is 12.5. The lowest BCUT2D eigenvalue weighted by atomic mass is 9.74. The Morgan fingerprint density at radius 2 is 2.03 bits per heavy atom. The van der Waals surface area contributed by atoms with E-state index in [0.29, 0.717) is 24.4 Å². The number of aromatic nitrogens is 2. The topological polar surface area (TPSA) is 71.3 Å². The quantitative estimate of drug-likeness (QED) is 0.682. The van der Waals surface area contributed by atoms with Crippen LogP contribution >= 0.6 is 0 Å². The van der Waals surface area contributed by atoms with Crippen molar-refractivity contribution in [3.63, 3.8) is 0 Å². The number of hydrogen-bond acceptors (Lipinski definition) is 5. The summed E-state index contributed by atoms with van der Waals surface area (Å²) in [5.41, 5.74) is 3.84. The number of hydrogen-bond donors (Lipinski definition) is 1. The SMILES string of the molecule is Cc1ccc(C(=O)NC[C@H]2C[C@@H]3CCN2C[C@@H]3c2cc(-c3ccco3)nc(C)n2)cc1. The molecule has 4 atom stereocenters. The van der Waals surface area contributed by atoms with Crippen LogP contribution < -0.4 is 5.32 Å². The number of benzene rings is 1. The minimum absolute atomic E-state index is 0.00807. The van der Waals surface area contributed by atoms with Gasteiger partial charge < -0.3 is 9.73 Å². The summed E-state index contributed by atoms with van der Waals surface area (Å²) in [6.07, 6.45) is 3.93. The van der Waals surface area contributed by atoms with Gasteiger partial charge >= 0.3 is 0 Å². The van der Waals surface area contributed by atoms with E-state index in [1.807, 2.05) is 50.2 Å². The first-order valence-corrected chi connectivity index (χ1v) is 11.0. The maximum Gasteiger partial charge on any atom is 0.251 e. The Kier molecular flexibility index (Phi) is 5.32. The molecule has 0 spiro atoms. The Bertz CT molecular complexity index is 1060. The van der Waals surface area contributed by atoms with Crippen molar-refractivity contribution in [1.82, 2.24) is 20.2 Å². The number of carbonyl (C=O) groups is 1. The zero-order chi connectivity index (χ0) is 21.4. The molecule has 1 N–H and O–H groups in total. The van der Waals surface area contributed by atoms with Gasteiger partial charge in [-0.1, -0.05) is 17.7 Å². The molecule has 3 saturated heterocycles. The lowest BCUT2D eigenvalue weighted by molar-refractivity contribution is 0.0290. The summed E-state index contributed by atoms with van der Waals surface area (Å²) in [6, 6.07) is 14.0. The first-order valence-electron chi connectivity index (χ1n) is 11.0. The largest absolute Gasteiger partial charge is 0.463 e. The lowest BCUT2D eigenvalue weighted by Crippen LogP contribution is -2.56. The van der Waals surface area contributed by atoms with E-state index in [0.717, 1.165) is 53.6 Å². The number of fused-ring (bicyclic) bond motifs is 3. The zero-order valence-corrected chi connectivity index (χ0v) is 18.0. The Balaban J connectivity index is 1.26. The molecule has 2 aromatic heterocycles. The van der Waals surface area contributed by atoms with Gasteiger partial charge in [-0.25, -0.2) is 9.97 Å². The minimum atomic E-state index is 0.00807. The second kappa shape index (κ2) is 8.27. The monoisotopic (exact) mass is 416 g/mol. The molecule has 1 unspecified atom stereocenters. The summed E-state index contributed by atoms with van der Waals surface area (Å²) in [5, 5.41) is 3.15. The molecule has 0 radical (unpaired) electrons. The van der Waals surface area contributed by atoms with Crippen molar-refractivity contribution in [2.75, 3.05) is 19.6 Å². The molecule has 3 aromatic rings. The van der Waals surface area contributed by atoms with E-state index in [-0.39, 0.29) is 5.91 Å². The van der Waals surface area contributed by atoms with Gasteiger partial charge in [0.05, 0.1) is 6.26 Å². The molecule has 160 valence electrons. The van der Waals surface area contributed by atoms with Crippen molar-refractivity contribution in [2.45, 2.75) is 38.6 Å². The van der Waals surface area contributed by atoms with Crippen molar-refractivity contribution in [1.29, 1.82) is 0 Å². The first-order chi connectivity index (χ1) is 15.1. The summed E-state index contributed by atoms with van der Waals surface area (Å²) in [7, 11) is 0. The van der Waals surface area contributed by atoms with Gasteiger partial charge in [-0.3, -0.25) is 9.69 Å². The summed E-state index contributed by atoms with van der Waals surface area (Å²) in [5.74, 6) is 2.54. The number of amides is 1. The van der Waals surface area contributed by atoms with Crippen LogP contribution in [0.2, 0.25) is 0 Å². The molecule has 6 rings (SSSR count). The van der Waals surface area contributed by atoms with E-state index in [2.05, 4.69) is 21.3 Å². The Morgan fingerprint density at radius 3 is 2.74 bits per heavy atom. The number of nitrogens with zero attached hydrogens (tertiary/aromatic N) is 3. The highest BCUT2D eigenvalue weighted by Crippen LogP contribution is 2.41. The highest BCUT2D eigenvalue weighted by Gasteiger charge is 2.41. The van der Waals surface area contributed by atoms with Crippen LogP contribution in [0, 0.1) is 19.8 Å². The van der Waals surface area contributed by atoms with E-state index in [4.69, 9.17) is 9.40 Å². The fourth-order valence-electron chi connectivity index (χ4n) is 5.03. The van der Waals surface area contributed by atoms with Gasteiger partial charge in [0.1, 0.15) is 11.5 Å². The van der Waals surface area contributed by atoms with Crippen LogP contribution in [0.25, 0.3) is 11.5 Å². The molecule has 2 bridgehead atoms. The fourth-order valence-corrected chi connectivity index (χ4v) is 5.03. The predicted octanol–water partition coefficient (Wildman–Crippen LogP) is 3.96. The van der Waals surface area contributed by atoms with E-state index in [1.54, 1.807) is 6.26 Å². The van der Waals surface area contributed by atoms with Crippen LogP contribution in [-0.2, 0) is 0 Å². The zero-order valence-electron chi connectivity index (χ0n) is 18.0. The van der Waals surface area contributed by atoms with Crippen LogP contribution in [0.1, 0.15) is 46.2 Å². The lowest BCUT2D eigenvalue weighted by Gasteiger charge is -2.49. The molecule has 0 saturated carbocycles. The predicted molar refractivity (Wildman–Crippen MR) is 119 cm³/mol. The third-order valence-corrected chi connectivity index (χ3v) is 6.70.